The van der Waals surface area contributed by atoms with Crippen LogP contribution in [0.4, 0.5) is 52.8 Å². The van der Waals surface area contributed by atoms with Crippen LogP contribution in [0.1, 0.15) is 0 Å². The Morgan fingerprint density at radius 1 is 0.600 bits per heavy atom. The Kier molecular flexibility index (Phi) is 3.41. The largest absolute Gasteiger partial charge is 0.418 e. The Bertz CT molecular complexity index is 409. The van der Waals surface area contributed by atoms with Crippen molar-refractivity contribution in [1.29, 1.82) is 0 Å². The zero-order valence-corrected chi connectivity index (χ0v) is 8.43. The molecule has 0 spiro atoms. The second kappa shape index (κ2) is 4.08. The van der Waals surface area contributed by atoms with Crippen molar-refractivity contribution in [2.24, 2.45) is 0 Å². The van der Waals surface area contributed by atoms with E-state index >= 15 is 0 Å². The summed E-state index contributed by atoms with van der Waals surface area (Å²) in [6.45, 7) is 0. The van der Waals surface area contributed by atoms with E-state index in [2.05, 4.69) is 0 Å². The summed E-state index contributed by atoms with van der Waals surface area (Å²) in [6, 6.07) is -26.9. The van der Waals surface area contributed by atoms with Crippen molar-refractivity contribution in [3.05, 3.63) is 12.0 Å². The number of piperazine rings is 1. The zero-order valence-electron chi connectivity index (χ0n) is 8.43. The van der Waals surface area contributed by atoms with E-state index in [1.54, 1.807) is 0 Å². The number of hydrogen-bond donors (Lipinski definition) is 0. The molecule has 1 aliphatic heterocycles. The SMILES string of the molecule is FC(F)=C(F)N1C(F)(F)C(F)(F)N(F)C(F)(F)C1(F)F. The summed E-state index contributed by atoms with van der Waals surface area (Å²) in [6.07, 6.45) is -4.01. The summed E-state index contributed by atoms with van der Waals surface area (Å²) in [5.74, 6) is -4.05. The summed E-state index contributed by atoms with van der Waals surface area (Å²) < 4.78 is 150. The van der Waals surface area contributed by atoms with Crippen LogP contribution in [0.25, 0.3) is 0 Å². The van der Waals surface area contributed by atoms with Gasteiger partial charge in [-0.05, 0) is 0 Å². The first-order valence-corrected chi connectivity index (χ1v) is 4.12. The third kappa shape index (κ3) is 1.73. The van der Waals surface area contributed by atoms with Crippen LogP contribution in [0.5, 0.6) is 0 Å². The molecular weight excluding hydrogens is 328 g/mol. The molecule has 0 amide bonds. The van der Waals surface area contributed by atoms with Crippen molar-refractivity contribution < 1.29 is 52.8 Å². The third-order valence-corrected chi connectivity index (χ3v) is 2.13. The van der Waals surface area contributed by atoms with Crippen molar-refractivity contribution >= 4 is 0 Å². The topological polar surface area (TPSA) is 6.48 Å². The molecule has 0 N–H and O–H groups in total. The van der Waals surface area contributed by atoms with Gasteiger partial charge in [-0.2, -0.15) is 48.3 Å². The van der Waals surface area contributed by atoms with E-state index in [4.69, 9.17) is 0 Å². The van der Waals surface area contributed by atoms with Crippen molar-refractivity contribution in [2.45, 2.75) is 24.2 Å². The van der Waals surface area contributed by atoms with E-state index in [-0.39, 0.29) is 0 Å². The van der Waals surface area contributed by atoms with Crippen molar-refractivity contribution in [3.8, 4) is 0 Å². The lowest BCUT2D eigenvalue weighted by Crippen LogP contribution is -2.78. The van der Waals surface area contributed by atoms with Gasteiger partial charge in [0.15, 0.2) is 0 Å². The quantitative estimate of drug-likeness (QED) is 0.409. The molecule has 0 aromatic heterocycles. The first-order valence-electron chi connectivity index (χ1n) is 4.12. The molecular formula is C6F12N2. The molecule has 1 fully saturated rings. The molecule has 1 rings (SSSR count). The molecule has 0 unspecified atom stereocenters. The fourth-order valence-corrected chi connectivity index (χ4v) is 1.19. The highest BCUT2D eigenvalue weighted by molar-refractivity contribution is 5.08. The number of alkyl halides is 8. The highest BCUT2D eigenvalue weighted by Gasteiger charge is 2.87. The fourth-order valence-electron chi connectivity index (χ4n) is 1.19. The molecule has 0 aromatic rings. The predicted molar refractivity (Wildman–Crippen MR) is 34.9 cm³/mol. The van der Waals surface area contributed by atoms with Crippen molar-refractivity contribution in [3.63, 3.8) is 0 Å². The van der Waals surface area contributed by atoms with E-state index < -0.39 is 46.2 Å². The zero-order chi connectivity index (χ0) is 16.3. The van der Waals surface area contributed by atoms with Gasteiger partial charge in [-0.1, -0.05) is 0 Å². The van der Waals surface area contributed by atoms with Crippen LogP contribution in [-0.4, -0.2) is 34.2 Å². The van der Waals surface area contributed by atoms with Crippen LogP contribution in [-0.2, 0) is 0 Å². The molecule has 118 valence electrons. The standard InChI is InChI=1S/C6F12N2/c7-1(8)2(9)19-3(10,11)5(14,15)20(18)6(16,17)4(19,12)13. The lowest BCUT2D eigenvalue weighted by Gasteiger charge is -2.49. The van der Waals surface area contributed by atoms with Gasteiger partial charge in [0, 0.05) is 5.12 Å². The molecule has 1 aliphatic rings. The van der Waals surface area contributed by atoms with Crippen LogP contribution < -0.4 is 0 Å². The molecule has 2 nitrogen and oxygen atoms in total. The third-order valence-electron chi connectivity index (χ3n) is 2.13. The molecule has 0 saturated carbocycles. The summed E-state index contributed by atoms with van der Waals surface area (Å²) in [4.78, 5) is -3.16. The molecule has 1 heterocycles. The maximum atomic E-state index is 12.8. The van der Waals surface area contributed by atoms with Gasteiger partial charge in [-0.25, -0.2) is 4.90 Å². The number of rotatable bonds is 1. The molecule has 0 bridgehead atoms. The van der Waals surface area contributed by atoms with Crippen molar-refractivity contribution in [2.75, 3.05) is 0 Å². The molecule has 14 heteroatoms. The monoisotopic (exact) mass is 328 g/mol. The van der Waals surface area contributed by atoms with Gasteiger partial charge in [0.05, 0.1) is 0 Å². The first kappa shape index (κ1) is 16.7. The van der Waals surface area contributed by atoms with Crippen LogP contribution in [0, 0.1) is 0 Å². The van der Waals surface area contributed by atoms with E-state index in [1.807, 2.05) is 0 Å². The van der Waals surface area contributed by atoms with Gasteiger partial charge in [0.1, 0.15) is 0 Å². The molecule has 1 saturated heterocycles. The van der Waals surface area contributed by atoms with E-state index in [0.29, 0.717) is 0 Å². The fraction of sp³-hybridized carbons (Fsp3) is 0.667. The molecule has 0 aliphatic carbocycles. The second-order valence-electron chi connectivity index (χ2n) is 3.33. The average Bonchev–Trinajstić information content (AvgIpc) is 2.25. The van der Waals surface area contributed by atoms with Crippen LogP contribution >= 0.6 is 0 Å². The minimum atomic E-state index is -6.74. The maximum absolute atomic E-state index is 12.8. The predicted octanol–water partition coefficient (Wildman–Crippen LogP) is 3.89. The molecule has 0 aromatic carbocycles. The van der Waals surface area contributed by atoms with Crippen LogP contribution in [0.3, 0.4) is 0 Å². The highest BCUT2D eigenvalue weighted by atomic mass is 19.4. The minimum absolute atomic E-state index is 3.16. The highest BCUT2D eigenvalue weighted by Crippen LogP contribution is 2.59. The Labute approximate surface area is 100 Å². The van der Waals surface area contributed by atoms with Gasteiger partial charge in [-0.3, -0.25) is 0 Å². The Morgan fingerprint density at radius 3 is 1.15 bits per heavy atom. The van der Waals surface area contributed by atoms with Gasteiger partial charge in [-0.15, -0.1) is 4.48 Å². The lowest BCUT2D eigenvalue weighted by molar-refractivity contribution is -0.535. The molecule has 20 heavy (non-hydrogen) atoms. The minimum Gasteiger partial charge on any atom is -0.210 e. The average molecular weight is 328 g/mol. The van der Waals surface area contributed by atoms with E-state index in [9.17, 15) is 52.8 Å². The van der Waals surface area contributed by atoms with E-state index in [1.165, 1.54) is 0 Å². The van der Waals surface area contributed by atoms with Crippen LogP contribution in [0.15, 0.2) is 12.0 Å². The summed E-state index contributed by atoms with van der Waals surface area (Å²) in [5.41, 5.74) is 0. The van der Waals surface area contributed by atoms with Gasteiger partial charge < -0.3 is 0 Å². The second-order valence-corrected chi connectivity index (χ2v) is 3.33. The maximum Gasteiger partial charge on any atom is 0.418 e. The number of halogens is 12. The normalized spacial score (nSPS) is 27.3. The van der Waals surface area contributed by atoms with Crippen LogP contribution in [0.2, 0.25) is 0 Å². The first-order chi connectivity index (χ1) is 8.63. The van der Waals surface area contributed by atoms with E-state index in [0.717, 1.165) is 0 Å². The summed E-state index contributed by atoms with van der Waals surface area (Å²) in [5, 5.41) is -3.51. The Balaban J connectivity index is 3.66. The molecule has 0 atom stereocenters. The molecule has 0 radical (unpaired) electrons. The van der Waals surface area contributed by atoms with Gasteiger partial charge in [0.25, 0.3) is 5.95 Å². The summed E-state index contributed by atoms with van der Waals surface area (Å²) in [7, 11) is 0. The smallest absolute Gasteiger partial charge is 0.210 e. The van der Waals surface area contributed by atoms with Crippen molar-refractivity contribution in [1.82, 2.24) is 10.0 Å². The number of hydrogen-bond acceptors (Lipinski definition) is 2. The Morgan fingerprint density at radius 2 is 0.900 bits per heavy atom. The number of nitrogens with zero attached hydrogens (tertiary/aromatic N) is 2. The lowest BCUT2D eigenvalue weighted by atomic mass is 10.2. The van der Waals surface area contributed by atoms with Gasteiger partial charge in [0.2, 0.25) is 0 Å². The Hall–Kier alpha value is -1.34. The summed E-state index contributed by atoms with van der Waals surface area (Å²) >= 11 is 0. The van der Waals surface area contributed by atoms with Gasteiger partial charge >= 0.3 is 30.3 Å².